The van der Waals surface area contributed by atoms with Gasteiger partial charge in [-0.25, -0.2) is 0 Å². The Kier molecular flexibility index (Phi) is 4.72. The van der Waals surface area contributed by atoms with Crippen molar-refractivity contribution in [1.82, 2.24) is 5.32 Å². The molecule has 0 fully saturated rings. The van der Waals surface area contributed by atoms with E-state index >= 15 is 0 Å². The first kappa shape index (κ1) is 14.5. The molecule has 0 aromatic heterocycles. The van der Waals surface area contributed by atoms with E-state index in [1.54, 1.807) is 18.2 Å². The SMILES string of the molecule is C[C@@H](N)C(=O)NC(CC(F)(F)F)c1ccccc1. The zero-order chi connectivity index (χ0) is 13.8. The zero-order valence-corrected chi connectivity index (χ0v) is 9.87. The molecule has 1 amide bonds. The number of amides is 1. The Bertz CT molecular complexity index is 390. The van der Waals surface area contributed by atoms with Gasteiger partial charge in [-0.1, -0.05) is 30.3 Å². The van der Waals surface area contributed by atoms with Gasteiger partial charge in [0.1, 0.15) is 0 Å². The minimum Gasteiger partial charge on any atom is -0.348 e. The fourth-order valence-electron chi connectivity index (χ4n) is 1.47. The molecule has 18 heavy (non-hydrogen) atoms. The van der Waals surface area contributed by atoms with Gasteiger partial charge < -0.3 is 11.1 Å². The largest absolute Gasteiger partial charge is 0.391 e. The maximum absolute atomic E-state index is 12.5. The highest BCUT2D eigenvalue weighted by Crippen LogP contribution is 2.29. The van der Waals surface area contributed by atoms with E-state index in [9.17, 15) is 18.0 Å². The van der Waals surface area contributed by atoms with Crippen LogP contribution in [0.15, 0.2) is 30.3 Å². The minimum atomic E-state index is -4.36. The third-order valence-corrected chi connectivity index (χ3v) is 2.37. The lowest BCUT2D eigenvalue weighted by Crippen LogP contribution is -2.41. The number of alkyl halides is 3. The first-order valence-electron chi connectivity index (χ1n) is 5.47. The molecule has 1 rings (SSSR count). The van der Waals surface area contributed by atoms with Crippen molar-refractivity contribution in [3.8, 4) is 0 Å². The number of nitrogens with two attached hydrogens (primary N) is 1. The maximum Gasteiger partial charge on any atom is 0.391 e. The summed E-state index contributed by atoms with van der Waals surface area (Å²) in [6.07, 6.45) is -5.47. The average molecular weight is 260 g/mol. The normalized spacial score (nSPS) is 14.9. The summed E-state index contributed by atoms with van der Waals surface area (Å²) >= 11 is 0. The summed E-state index contributed by atoms with van der Waals surface area (Å²) in [5, 5.41) is 2.31. The number of halogens is 3. The van der Waals surface area contributed by atoms with Gasteiger partial charge in [0.2, 0.25) is 5.91 Å². The van der Waals surface area contributed by atoms with E-state index in [0.29, 0.717) is 5.56 Å². The van der Waals surface area contributed by atoms with Gasteiger partial charge in [-0.15, -0.1) is 0 Å². The highest BCUT2D eigenvalue weighted by Gasteiger charge is 2.33. The van der Waals surface area contributed by atoms with Gasteiger partial charge >= 0.3 is 6.18 Å². The van der Waals surface area contributed by atoms with Crippen LogP contribution in [0.3, 0.4) is 0 Å². The van der Waals surface area contributed by atoms with Crippen molar-refractivity contribution in [2.75, 3.05) is 0 Å². The number of carbonyl (C=O) groups is 1. The van der Waals surface area contributed by atoms with Crippen LogP contribution in [0.2, 0.25) is 0 Å². The molecule has 0 aliphatic carbocycles. The average Bonchev–Trinajstić information content (AvgIpc) is 2.27. The van der Waals surface area contributed by atoms with Crippen molar-refractivity contribution in [2.24, 2.45) is 5.73 Å². The molecule has 0 spiro atoms. The molecule has 0 aliphatic rings. The van der Waals surface area contributed by atoms with Crippen LogP contribution in [0.25, 0.3) is 0 Å². The molecule has 100 valence electrons. The third-order valence-electron chi connectivity index (χ3n) is 2.37. The second-order valence-electron chi connectivity index (χ2n) is 4.08. The second kappa shape index (κ2) is 5.86. The van der Waals surface area contributed by atoms with Gasteiger partial charge in [0.25, 0.3) is 0 Å². The van der Waals surface area contributed by atoms with E-state index in [4.69, 9.17) is 5.73 Å². The van der Waals surface area contributed by atoms with Crippen LogP contribution >= 0.6 is 0 Å². The van der Waals surface area contributed by atoms with Crippen LogP contribution in [0.1, 0.15) is 24.9 Å². The lowest BCUT2D eigenvalue weighted by atomic mass is 10.0. The molecule has 1 aromatic rings. The molecule has 3 nitrogen and oxygen atoms in total. The van der Waals surface area contributed by atoms with E-state index in [1.165, 1.54) is 19.1 Å². The summed E-state index contributed by atoms with van der Waals surface area (Å²) in [6.45, 7) is 1.42. The van der Waals surface area contributed by atoms with Gasteiger partial charge in [-0.2, -0.15) is 13.2 Å². The van der Waals surface area contributed by atoms with Gasteiger partial charge in [0.15, 0.2) is 0 Å². The molecular formula is C12H15F3N2O. The predicted octanol–water partition coefficient (Wildman–Crippen LogP) is 2.14. The second-order valence-corrected chi connectivity index (χ2v) is 4.08. The number of rotatable bonds is 4. The Labute approximate surface area is 103 Å². The highest BCUT2D eigenvalue weighted by atomic mass is 19.4. The fraction of sp³-hybridized carbons (Fsp3) is 0.417. The van der Waals surface area contributed by atoms with Gasteiger partial charge in [-0.3, -0.25) is 4.79 Å². The summed E-state index contributed by atoms with van der Waals surface area (Å²) in [7, 11) is 0. The van der Waals surface area contributed by atoms with E-state index in [0.717, 1.165) is 0 Å². The summed E-state index contributed by atoms with van der Waals surface area (Å²) in [5.74, 6) is -0.604. The van der Waals surface area contributed by atoms with Crippen molar-refractivity contribution in [3.63, 3.8) is 0 Å². The topological polar surface area (TPSA) is 55.1 Å². The monoisotopic (exact) mass is 260 g/mol. The van der Waals surface area contributed by atoms with Crippen molar-refractivity contribution in [1.29, 1.82) is 0 Å². The van der Waals surface area contributed by atoms with Crippen LogP contribution in [-0.2, 0) is 4.79 Å². The van der Waals surface area contributed by atoms with Crippen LogP contribution in [-0.4, -0.2) is 18.1 Å². The smallest absolute Gasteiger partial charge is 0.348 e. The van der Waals surface area contributed by atoms with Crippen LogP contribution in [0.4, 0.5) is 13.2 Å². The van der Waals surface area contributed by atoms with Crippen LogP contribution in [0.5, 0.6) is 0 Å². The number of carbonyl (C=O) groups excluding carboxylic acids is 1. The quantitative estimate of drug-likeness (QED) is 0.871. The zero-order valence-electron chi connectivity index (χ0n) is 9.87. The van der Waals surface area contributed by atoms with Crippen molar-refractivity contribution >= 4 is 5.91 Å². The van der Waals surface area contributed by atoms with E-state index in [-0.39, 0.29) is 0 Å². The Morgan fingerprint density at radius 1 is 1.33 bits per heavy atom. The highest BCUT2D eigenvalue weighted by molar-refractivity contribution is 5.81. The van der Waals surface area contributed by atoms with E-state index in [2.05, 4.69) is 5.32 Å². The molecule has 1 aromatic carbocycles. The minimum absolute atomic E-state index is 0.406. The lowest BCUT2D eigenvalue weighted by molar-refractivity contribution is -0.143. The van der Waals surface area contributed by atoms with E-state index < -0.39 is 30.6 Å². The summed E-state index contributed by atoms with van der Waals surface area (Å²) in [5.41, 5.74) is 5.74. The van der Waals surface area contributed by atoms with Crippen LogP contribution in [0, 0.1) is 0 Å². The molecule has 6 heteroatoms. The van der Waals surface area contributed by atoms with E-state index in [1.807, 2.05) is 0 Å². The number of nitrogens with one attached hydrogen (secondary N) is 1. The summed E-state index contributed by atoms with van der Waals surface area (Å²) in [6, 6.07) is 6.07. The predicted molar refractivity (Wildman–Crippen MR) is 61.6 cm³/mol. The standard InChI is InChI=1S/C12H15F3N2O/c1-8(16)11(18)17-10(7-12(13,14)15)9-5-3-2-4-6-9/h2-6,8,10H,7,16H2,1H3,(H,17,18)/t8-,10?/m1/s1. The number of benzene rings is 1. The molecule has 0 radical (unpaired) electrons. The Morgan fingerprint density at radius 2 is 1.89 bits per heavy atom. The van der Waals surface area contributed by atoms with Crippen molar-refractivity contribution in [2.45, 2.75) is 31.6 Å². The number of hydrogen-bond acceptors (Lipinski definition) is 2. The Balaban J connectivity index is 2.86. The van der Waals surface area contributed by atoms with Gasteiger partial charge in [0, 0.05) is 0 Å². The molecule has 0 heterocycles. The lowest BCUT2D eigenvalue weighted by Gasteiger charge is -2.21. The molecule has 0 saturated carbocycles. The first-order chi connectivity index (χ1) is 8.29. The Morgan fingerprint density at radius 3 is 2.33 bits per heavy atom. The fourth-order valence-corrected chi connectivity index (χ4v) is 1.47. The molecule has 0 saturated heterocycles. The molecule has 0 bridgehead atoms. The van der Waals surface area contributed by atoms with Gasteiger partial charge in [-0.05, 0) is 12.5 Å². The van der Waals surface area contributed by atoms with Crippen molar-refractivity contribution < 1.29 is 18.0 Å². The maximum atomic E-state index is 12.5. The third kappa shape index (κ3) is 4.75. The number of hydrogen-bond donors (Lipinski definition) is 2. The molecule has 3 N–H and O–H groups in total. The van der Waals surface area contributed by atoms with Gasteiger partial charge in [0.05, 0.1) is 18.5 Å². The molecule has 2 atom stereocenters. The summed E-state index contributed by atoms with van der Waals surface area (Å²) in [4.78, 5) is 11.4. The summed E-state index contributed by atoms with van der Waals surface area (Å²) < 4.78 is 37.4. The van der Waals surface area contributed by atoms with Crippen LogP contribution < -0.4 is 11.1 Å². The molecule has 1 unspecified atom stereocenters. The Hall–Kier alpha value is -1.56. The van der Waals surface area contributed by atoms with Crippen molar-refractivity contribution in [3.05, 3.63) is 35.9 Å². The first-order valence-corrected chi connectivity index (χ1v) is 5.47. The molecular weight excluding hydrogens is 245 g/mol. The molecule has 0 aliphatic heterocycles.